The van der Waals surface area contributed by atoms with Gasteiger partial charge in [0, 0.05) is 52.0 Å². The van der Waals surface area contributed by atoms with Gasteiger partial charge in [-0.2, -0.15) is 22.1 Å². The highest BCUT2D eigenvalue weighted by Crippen LogP contribution is 2.34. The van der Waals surface area contributed by atoms with E-state index in [0.29, 0.717) is 12.6 Å². The summed E-state index contributed by atoms with van der Waals surface area (Å²) in [6.07, 6.45) is 3.60. The lowest BCUT2D eigenvalue weighted by Gasteiger charge is -2.27. The number of hydrogen-bond acceptors (Lipinski definition) is 4. The summed E-state index contributed by atoms with van der Waals surface area (Å²) in [5, 5.41) is 4.40. The molecule has 0 saturated carbocycles. The zero-order chi connectivity index (χ0) is 16.9. The molecule has 2 fully saturated rings. The van der Waals surface area contributed by atoms with Gasteiger partial charge in [0.25, 0.3) is 10.2 Å². The molecular weight excluding hydrogens is 326 g/mol. The molecule has 0 bridgehead atoms. The largest absolute Gasteiger partial charge is 0.293 e. The Balaban J connectivity index is 1.55. The molecule has 2 aliphatic rings. The third-order valence-corrected chi connectivity index (χ3v) is 7.23. The number of pyridine rings is 1. The predicted molar refractivity (Wildman–Crippen MR) is 91.7 cm³/mol. The number of hydrogen-bond donors (Lipinski definition) is 0. The molecule has 2 aromatic rings. The minimum absolute atomic E-state index is 0.0919. The van der Waals surface area contributed by atoms with Crippen LogP contribution in [0.1, 0.15) is 18.5 Å². The molecule has 0 spiro atoms. The lowest BCUT2D eigenvalue weighted by atomic mass is 10.1. The van der Waals surface area contributed by atoms with Crippen LogP contribution in [0.5, 0.6) is 0 Å². The van der Waals surface area contributed by atoms with E-state index in [-0.39, 0.29) is 6.04 Å². The molecule has 0 radical (unpaired) electrons. The van der Waals surface area contributed by atoms with E-state index in [2.05, 4.69) is 22.1 Å². The van der Waals surface area contributed by atoms with Crippen molar-refractivity contribution in [1.82, 2.24) is 23.1 Å². The van der Waals surface area contributed by atoms with E-state index in [0.717, 1.165) is 37.1 Å². The first-order valence-corrected chi connectivity index (χ1v) is 9.73. The Hall–Kier alpha value is -1.48. The Kier molecular flexibility index (Phi) is 3.87. The molecule has 4 heterocycles. The highest BCUT2D eigenvalue weighted by molar-refractivity contribution is 7.86. The summed E-state index contributed by atoms with van der Waals surface area (Å²) in [4.78, 5) is 2.41. The fraction of sp³-hybridized carbons (Fsp3) is 0.562. The molecule has 0 aromatic carbocycles. The Morgan fingerprint density at radius 1 is 1.17 bits per heavy atom. The average molecular weight is 349 g/mol. The molecule has 2 aromatic heterocycles. The van der Waals surface area contributed by atoms with Crippen molar-refractivity contribution < 1.29 is 8.42 Å². The van der Waals surface area contributed by atoms with E-state index < -0.39 is 10.2 Å². The van der Waals surface area contributed by atoms with E-state index >= 15 is 0 Å². The highest BCUT2D eigenvalue weighted by Gasteiger charge is 2.47. The molecule has 2 atom stereocenters. The fourth-order valence-corrected chi connectivity index (χ4v) is 5.41. The van der Waals surface area contributed by atoms with Gasteiger partial charge >= 0.3 is 0 Å². The van der Waals surface area contributed by atoms with Crippen molar-refractivity contribution in [3.63, 3.8) is 0 Å². The quantitative estimate of drug-likeness (QED) is 0.819. The van der Waals surface area contributed by atoms with Crippen LogP contribution in [0.15, 0.2) is 30.5 Å². The van der Waals surface area contributed by atoms with Crippen molar-refractivity contribution in [3.8, 4) is 0 Å². The van der Waals surface area contributed by atoms with E-state index in [1.165, 1.54) is 4.31 Å². The topological polar surface area (TPSA) is 61.2 Å². The van der Waals surface area contributed by atoms with Gasteiger partial charge in [0.15, 0.2) is 0 Å². The molecule has 24 heavy (non-hydrogen) atoms. The van der Waals surface area contributed by atoms with Gasteiger partial charge in [0.1, 0.15) is 0 Å². The van der Waals surface area contributed by atoms with Gasteiger partial charge in [0.05, 0.1) is 11.2 Å². The third kappa shape index (κ3) is 2.45. The maximum Gasteiger partial charge on any atom is 0.281 e. The van der Waals surface area contributed by atoms with E-state index in [1.54, 1.807) is 18.4 Å². The van der Waals surface area contributed by atoms with Crippen LogP contribution >= 0.6 is 0 Å². The number of likely N-dealkylation sites (tertiary alicyclic amines) is 1. The first kappa shape index (κ1) is 16.0. The molecule has 2 saturated heterocycles. The molecule has 0 amide bonds. The molecule has 0 aliphatic carbocycles. The van der Waals surface area contributed by atoms with E-state index in [9.17, 15) is 8.42 Å². The first-order chi connectivity index (χ1) is 11.5. The van der Waals surface area contributed by atoms with Crippen molar-refractivity contribution >= 4 is 15.7 Å². The number of fused-ring (bicyclic) bond motifs is 2. The predicted octanol–water partition coefficient (Wildman–Crippen LogP) is 0.789. The Bertz CT molecular complexity index is 847. The number of nitrogens with zero attached hydrogens (tertiary/aromatic N) is 5. The van der Waals surface area contributed by atoms with Gasteiger partial charge in [-0.25, -0.2) is 4.52 Å². The van der Waals surface area contributed by atoms with E-state index in [4.69, 9.17) is 0 Å². The minimum Gasteiger partial charge on any atom is -0.293 e. The Morgan fingerprint density at radius 3 is 2.75 bits per heavy atom. The minimum atomic E-state index is -3.33. The van der Waals surface area contributed by atoms with Gasteiger partial charge < -0.3 is 0 Å². The summed E-state index contributed by atoms with van der Waals surface area (Å²) < 4.78 is 30.0. The zero-order valence-corrected chi connectivity index (χ0v) is 14.9. The summed E-state index contributed by atoms with van der Waals surface area (Å²) in [5.74, 6) is 0. The second-order valence-corrected chi connectivity index (χ2v) is 8.86. The van der Waals surface area contributed by atoms with Crippen molar-refractivity contribution in [3.05, 3.63) is 36.2 Å². The summed E-state index contributed by atoms with van der Waals surface area (Å²) >= 11 is 0. The third-order valence-electron chi connectivity index (χ3n) is 5.26. The summed E-state index contributed by atoms with van der Waals surface area (Å²) in [6.45, 7) is 2.33. The Labute approximate surface area is 142 Å². The maximum absolute atomic E-state index is 12.5. The molecule has 4 rings (SSSR count). The lowest BCUT2D eigenvalue weighted by molar-refractivity contribution is 0.235. The van der Waals surface area contributed by atoms with Gasteiger partial charge in [-0.15, -0.1) is 0 Å². The molecule has 2 aliphatic heterocycles. The zero-order valence-electron chi connectivity index (χ0n) is 14.0. The maximum atomic E-state index is 12.5. The van der Waals surface area contributed by atoms with Gasteiger partial charge in [0.2, 0.25) is 0 Å². The second-order valence-electron chi connectivity index (χ2n) is 6.77. The van der Waals surface area contributed by atoms with Crippen molar-refractivity contribution in [2.75, 3.05) is 27.2 Å². The second kappa shape index (κ2) is 5.80. The molecule has 8 heteroatoms. The van der Waals surface area contributed by atoms with Crippen LogP contribution in [0.2, 0.25) is 0 Å². The van der Waals surface area contributed by atoms with Crippen LogP contribution in [0.4, 0.5) is 0 Å². The van der Waals surface area contributed by atoms with Crippen LogP contribution in [0.3, 0.4) is 0 Å². The Morgan fingerprint density at radius 2 is 1.96 bits per heavy atom. The first-order valence-electron chi connectivity index (χ1n) is 8.33. The van der Waals surface area contributed by atoms with E-state index in [1.807, 2.05) is 22.8 Å². The van der Waals surface area contributed by atoms with Gasteiger partial charge in [-0.3, -0.25) is 4.90 Å². The lowest BCUT2D eigenvalue weighted by Crippen LogP contribution is -2.44. The smallest absolute Gasteiger partial charge is 0.281 e. The fourth-order valence-electron chi connectivity index (χ4n) is 4.06. The standard InChI is InChI=1S/C16H23N5O2S/c1-18(2)24(22,23)20-11-8-15-16(20)7-10-19(15)12-14-5-3-4-13-6-9-17-21(13)14/h3-6,9,15-16H,7-8,10-12H2,1-2H3/t15-,16-/m0/s1. The molecule has 7 nitrogen and oxygen atoms in total. The van der Waals surface area contributed by atoms with Crippen LogP contribution < -0.4 is 0 Å². The highest BCUT2D eigenvalue weighted by atomic mass is 32.2. The van der Waals surface area contributed by atoms with Crippen molar-refractivity contribution in [2.24, 2.45) is 0 Å². The summed E-state index contributed by atoms with van der Waals surface area (Å²) in [6, 6.07) is 8.58. The molecule has 0 unspecified atom stereocenters. The van der Waals surface area contributed by atoms with Crippen LogP contribution in [0.25, 0.3) is 5.52 Å². The molecular formula is C16H23N5O2S. The molecule has 130 valence electrons. The average Bonchev–Trinajstić information content (AvgIpc) is 3.23. The van der Waals surface area contributed by atoms with Crippen LogP contribution in [0, 0.1) is 0 Å². The summed E-state index contributed by atoms with van der Waals surface area (Å²) in [7, 11) is -0.120. The van der Waals surface area contributed by atoms with Crippen LogP contribution in [-0.4, -0.2) is 70.8 Å². The number of aromatic nitrogens is 2. The number of rotatable bonds is 4. The van der Waals surface area contributed by atoms with Crippen molar-refractivity contribution in [2.45, 2.75) is 31.5 Å². The van der Waals surface area contributed by atoms with Gasteiger partial charge in [-0.1, -0.05) is 6.07 Å². The van der Waals surface area contributed by atoms with Crippen molar-refractivity contribution in [1.29, 1.82) is 0 Å². The summed E-state index contributed by atoms with van der Waals surface area (Å²) in [5.41, 5.74) is 2.23. The van der Waals surface area contributed by atoms with Gasteiger partial charge in [-0.05, 0) is 31.0 Å². The monoisotopic (exact) mass is 349 g/mol. The molecule has 0 N–H and O–H groups in total. The SMILES string of the molecule is CN(C)S(=O)(=O)N1CC[C@H]2[C@@H]1CCN2Cc1cccc2ccnn12. The van der Waals surface area contributed by atoms with Crippen LogP contribution in [-0.2, 0) is 16.8 Å². The normalized spacial score (nSPS) is 25.8.